The van der Waals surface area contributed by atoms with Crippen molar-refractivity contribution < 1.29 is 4.74 Å². The third-order valence-corrected chi connectivity index (χ3v) is 2.40. The molecule has 0 bridgehead atoms. The molecular weight excluding hydrogens is 365 g/mol. The highest BCUT2D eigenvalue weighted by molar-refractivity contribution is 14.0. The van der Waals surface area contributed by atoms with E-state index in [-0.39, 0.29) is 30.1 Å². The summed E-state index contributed by atoms with van der Waals surface area (Å²) in [5, 5.41) is 6.53. The fraction of sp³-hybridized carbons (Fsp3) is 0.533. The number of guanidine groups is 1. The van der Waals surface area contributed by atoms with Crippen molar-refractivity contribution in [2.24, 2.45) is 4.99 Å². The van der Waals surface area contributed by atoms with Gasteiger partial charge in [-0.25, -0.2) is 0 Å². The minimum absolute atomic E-state index is 0. The predicted molar refractivity (Wildman–Crippen MR) is 96.1 cm³/mol. The zero-order valence-corrected chi connectivity index (χ0v) is 15.3. The molecule has 1 aromatic rings. The first-order valence-electron chi connectivity index (χ1n) is 6.74. The van der Waals surface area contributed by atoms with Crippen molar-refractivity contribution in [2.75, 3.05) is 7.05 Å². The maximum absolute atomic E-state index is 5.61. The Kier molecular flexibility index (Phi) is 9.37. The Balaban J connectivity index is 0.00000361. The minimum atomic E-state index is 0. The second-order valence-electron chi connectivity index (χ2n) is 5.04. The first-order chi connectivity index (χ1) is 9.01. The standard InChI is InChI=1S/C15H25N3O.HI/c1-11(2)18-15(16-5)17-10-13-6-8-14(9-7-13)19-12(3)4;/h6-9,11-12H,10H2,1-5H3,(H2,16,17,18);1H. The van der Waals surface area contributed by atoms with Crippen molar-refractivity contribution in [3.8, 4) is 5.75 Å². The van der Waals surface area contributed by atoms with Gasteiger partial charge >= 0.3 is 0 Å². The summed E-state index contributed by atoms with van der Waals surface area (Å²) in [4.78, 5) is 4.17. The van der Waals surface area contributed by atoms with Crippen molar-refractivity contribution in [3.63, 3.8) is 0 Å². The monoisotopic (exact) mass is 391 g/mol. The van der Waals surface area contributed by atoms with Crippen LogP contribution in [0.5, 0.6) is 5.75 Å². The first-order valence-corrected chi connectivity index (χ1v) is 6.74. The highest BCUT2D eigenvalue weighted by atomic mass is 127. The molecule has 1 rings (SSSR count). The van der Waals surface area contributed by atoms with Crippen molar-refractivity contribution in [1.82, 2.24) is 10.6 Å². The second-order valence-corrected chi connectivity index (χ2v) is 5.04. The summed E-state index contributed by atoms with van der Waals surface area (Å²) in [5.74, 6) is 1.72. The highest BCUT2D eigenvalue weighted by Gasteiger charge is 2.01. The minimum Gasteiger partial charge on any atom is -0.491 e. The fourth-order valence-corrected chi connectivity index (χ4v) is 1.61. The van der Waals surface area contributed by atoms with Gasteiger partial charge in [-0.05, 0) is 45.4 Å². The number of halogens is 1. The Morgan fingerprint density at radius 3 is 2.20 bits per heavy atom. The molecule has 114 valence electrons. The fourth-order valence-electron chi connectivity index (χ4n) is 1.61. The Labute approximate surface area is 139 Å². The van der Waals surface area contributed by atoms with E-state index in [1.807, 2.05) is 26.0 Å². The van der Waals surface area contributed by atoms with Crippen LogP contribution >= 0.6 is 24.0 Å². The third kappa shape index (κ3) is 7.57. The third-order valence-electron chi connectivity index (χ3n) is 2.40. The summed E-state index contributed by atoms with van der Waals surface area (Å²) >= 11 is 0. The maximum Gasteiger partial charge on any atom is 0.191 e. The Morgan fingerprint density at radius 1 is 1.15 bits per heavy atom. The predicted octanol–water partition coefficient (Wildman–Crippen LogP) is 3.17. The maximum atomic E-state index is 5.61. The number of hydrogen-bond acceptors (Lipinski definition) is 2. The van der Waals surface area contributed by atoms with Crippen molar-refractivity contribution in [2.45, 2.75) is 46.4 Å². The summed E-state index contributed by atoms with van der Waals surface area (Å²) in [6, 6.07) is 8.49. The highest BCUT2D eigenvalue weighted by Crippen LogP contribution is 2.13. The molecule has 0 aliphatic carbocycles. The molecule has 0 saturated carbocycles. The van der Waals surface area contributed by atoms with E-state index in [2.05, 4.69) is 41.6 Å². The van der Waals surface area contributed by atoms with Gasteiger partial charge in [0, 0.05) is 19.6 Å². The molecule has 4 nitrogen and oxygen atoms in total. The summed E-state index contributed by atoms with van der Waals surface area (Å²) in [6.45, 7) is 8.97. The molecule has 20 heavy (non-hydrogen) atoms. The molecule has 0 saturated heterocycles. The number of aliphatic imine (C=N–C) groups is 1. The van der Waals surface area contributed by atoms with Crippen LogP contribution in [0.25, 0.3) is 0 Å². The smallest absolute Gasteiger partial charge is 0.191 e. The number of benzene rings is 1. The van der Waals surface area contributed by atoms with Crippen LogP contribution in [-0.2, 0) is 6.54 Å². The van der Waals surface area contributed by atoms with E-state index in [9.17, 15) is 0 Å². The van der Waals surface area contributed by atoms with Crippen molar-refractivity contribution in [1.29, 1.82) is 0 Å². The van der Waals surface area contributed by atoms with Crippen LogP contribution < -0.4 is 15.4 Å². The zero-order valence-electron chi connectivity index (χ0n) is 12.9. The molecular formula is C15H26IN3O. The molecule has 0 heterocycles. The molecule has 2 N–H and O–H groups in total. The number of rotatable bonds is 5. The van der Waals surface area contributed by atoms with Crippen molar-refractivity contribution >= 4 is 29.9 Å². The van der Waals surface area contributed by atoms with E-state index < -0.39 is 0 Å². The van der Waals surface area contributed by atoms with Crippen LogP contribution in [0.1, 0.15) is 33.3 Å². The van der Waals surface area contributed by atoms with Gasteiger partial charge in [0.05, 0.1) is 6.10 Å². The summed E-state index contributed by atoms with van der Waals surface area (Å²) < 4.78 is 5.61. The topological polar surface area (TPSA) is 45.7 Å². The van der Waals surface area contributed by atoms with Gasteiger partial charge in [0.2, 0.25) is 0 Å². The zero-order chi connectivity index (χ0) is 14.3. The van der Waals surface area contributed by atoms with Crippen molar-refractivity contribution in [3.05, 3.63) is 29.8 Å². The molecule has 0 fully saturated rings. The average molecular weight is 391 g/mol. The largest absolute Gasteiger partial charge is 0.491 e. The second kappa shape index (κ2) is 9.85. The van der Waals surface area contributed by atoms with Gasteiger partial charge in [-0.15, -0.1) is 24.0 Å². The van der Waals surface area contributed by atoms with E-state index >= 15 is 0 Å². The van der Waals surface area contributed by atoms with E-state index in [4.69, 9.17) is 4.74 Å². The lowest BCUT2D eigenvalue weighted by Crippen LogP contribution is -2.40. The van der Waals surface area contributed by atoms with Crippen LogP contribution in [0.3, 0.4) is 0 Å². The Hall–Kier alpha value is -0.980. The molecule has 1 aromatic carbocycles. The van der Waals surface area contributed by atoms with E-state index in [0.29, 0.717) is 6.04 Å². The average Bonchev–Trinajstić information content (AvgIpc) is 2.35. The van der Waals surface area contributed by atoms with Gasteiger partial charge in [-0.3, -0.25) is 4.99 Å². The van der Waals surface area contributed by atoms with Gasteiger partial charge in [-0.2, -0.15) is 0 Å². The first kappa shape index (κ1) is 19.0. The summed E-state index contributed by atoms with van der Waals surface area (Å²) in [7, 11) is 1.78. The van der Waals surface area contributed by atoms with Gasteiger partial charge in [-0.1, -0.05) is 12.1 Å². The van der Waals surface area contributed by atoms with E-state index in [0.717, 1.165) is 18.3 Å². The Bertz CT molecular complexity index is 402. The van der Waals surface area contributed by atoms with Gasteiger partial charge in [0.1, 0.15) is 5.75 Å². The van der Waals surface area contributed by atoms with Gasteiger partial charge < -0.3 is 15.4 Å². The molecule has 0 atom stereocenters. The molecule has 0 aliphatic rings. The van der Waals surface area contributed by atoms with Crippen LogP contribution in [0.4, 0.5) is 0 Å². The molecule has 0 aromatic heterocycles. The number of nitrogens with one attached hydrogen (secondary N) is 2. The van der Waals surface area contributed by atoms with Crippen LogP contribution in [0.15, 0.2) is 29.3 Å². The molecule has 0 spiro atoms. The molecule has 0 amide bonds. The van der Waals surface area contributed by atoms with Gasteiger partial charge in [0.25, 0.3) is 0 Å². The Morgan fingerprint density at radius 2 is 1.75 bits per heavy atom. The molecule has 5 heteroatoms. The normalized spacial score (nSPS) is 11.2. The van der Waals surface area contributed by atoms with Crippen LogP contribution in [-0.4, -0.2) is 25.2 Å². The van der Waals surface area contributed by atoms with E-state index in [1.54, 1.807) is 7.05 Å². The number of nitrogens with zero attached hydrogens (tertiary/aromatic N) is 1. The van der Waals surface area contributed by atoms with E-state index in [1.165, 1.54) is 5.56 Å². The molecule has 0 radical (unpaired) electrons. The van der Waals surface area contributed by atoms with Crippen LogP contribution in [0.2, 0.25) is 0 Å². The van der Waals surface area contributed by atoms with Gasteiger partial charge in [0.15, 0.2) is 5.96 Å². The quantitative estimate of drug-likeness (QED) is 0.461. The molecule has 0 unspecified atom stereocenters. The SMILES string of the molecule is CN=C(NCc1ccc(OC(C)C)cc1)NC(C)C.I. The molecule has 0 aliphatic heterocycles. The lowest BCUT2D eigenvalue weighted by atomic mass is 10.2. The number of hydrogen-bond donors (Lipinski definition) is 2. The lowest BCUT2D eigenvalue weighted by Gasteiger charge is -2.15. The summed E-state index contributed by atoms with van der Waals surface area (Å²) in [6.07, 6.45) is 0.207. The number of ether oxygens (including phenoxy) is 1. The van der Waals surface area contributed by atoms with Crippen LogP contribution in [0, 0.1) is 0 Å². The summed E-state index contributed by atoms with van der Waals surface area (Å²) in [5.41, 5.74) is 1.20. The lowest BCUT2D eigenvalue weighted by molar-refractivity contribution is 0.242.